The van der Waals surface area contributed by atoms with Crippen molar-refractivity contribution in [1.82, 2.24) is 4.98 Å². The third-order valence-corrected chi connectivity index (χ3v) is 4.25. The molecule has 0 saturated heterocycles. The first-order chi connectivity index (χ1) is 11.6. The summed E-state index contributed by atoms with van der Waals surface area (Å²) in [5.74, 6) is -1.38. The van der Waals surface area contributed by atoms with Crippen LogP contribution in [0.25, 0.3) is 10.9 Å². The van der Waals surface area contributed by atoms with Crippen LogP contribution >= 0.6 is 15.9 Å². The van der Waals surface area contributed by atoms with Crippen molar-refractivity contribution in [2.24, 2.45) is 5.73 Å². The Morgan fingerprint density at radius 3 is 2.56 bits per heavy atom. The fraction of sp³-hybridized carbons (Fsp3) is 0.421. The minimum absolute atomic E-state index is 0.113. The fourth-order valence-electron chi connectivity index (χ4n) is 2.67. The third-order valence-electron chi connectivity index (χ3n) is 3.76. The molecule has 1 aromatic carbocycles. The van der Waals surface area contributed by atoms with Crippen molar-refractivity contribution in [2.75, 3.05) is 0 Å². The van der Waals surface area contributed by atoms with Crippen molar-refractivity contribution in [1.29, 1.82) is 0 Å². The van der Waals surface area contributed by atoms with Crippen molar-refractivity contribution >= 4 is 38.7 Å². The molecule has 25 heavy (non-hydrogen) atoms. The number of esters is 1. The first-order valence-corrected chi connectivity index (χ1v) is 8.94. The molecule has 6 heteroatoms. The number of halogens is 1. The Balaban J connectivity index is 2.46. The van der Waals surface area contributed by atoms with E-state index < -0.39 is 17.4 Å². The Kier molecular flexibility index (Phi) is 5.83. The third kappa shape index (κ3) is 5.26. The molecular weight excluding hydrogens is 384 g/mol. The van der Waals surface area contributed by atoms with Crippen molar-refractivity contribution in [3.05, 3.63) is 40.0 Å². The zero-order chi connectivity index (χ0) is 18.8. The molecule has 0 aliphatic heterocycles. The highest BCUT2D eigenvalue weighted by molar-refractivity contribution is 9.10. The van der Waals surface area contributed by atoms with Crippen molar-refractivity contribution in [2.45, 2.75) is 52.1 Å². The van der Waals surface area contributed by atoms with Crippen LogP contribution < -0.4 is 5.73 Å². The molecule has 134 valence electrons. The van der Waals surface area contributed by atoms with Gasteiger partial charge >= 0.3 is 5.97 Å². The summed E-state index contributed by atoms with van der Waals surface area (Å²) in [6.07, 6.45) is 0.413. The summed E-state index contributed by atoms with van der Waals surface area (Å²) >= 11 is 3.44. The predicted octanol–water partition coefficient (Wildman–Crippen LogP) is 4.00. The number of hydrogen-bond donors (Lipinski definition) is 1. The molecule has 0 fully saturated rings. The number of aromatic nitrogens is 1. The Labute approximate surface area is 156 Å². The number of carbonyl (C=O) groups is 2. The number of nitrogens with zero attached hydrogens (tertiary/aromatic N) is 1. The molecule has 0 aliphatic rings. The molecule has 1 aromatic heterocycles. The minimum Gasteiger partial charge on any atom is -0.459 e. The average molecular weight is 407 g/mol. The zero-order valence-electron chi connectivity index (χ0n) is 14.9. The van der Waals surface area contributed by atoms with Crippen LogP contribution in [0.1, 0.15) is 50.8 Å². The average Bonchev–Trinajstić information content (AvgIpc) is 2.45. The van der Waals surface area contributed by atoms with Gasteiger partial charge in [-0.1, -0.05) is 22.0 Å². The molecule has 5 nitrogen and oxygen atoms in total. The molecule has 1 amide bonds. The van der Waals surface area contributed by atoms with Gasteiger partial charge in [-0.05, 0) is 57.9 Å². The summed E-state index contributed by atoms with van der Waals surface area (Å²) in [7, 11) is 0. The summed E-state index contributed by atoms with van der Waals surface area (Å²) in [5.41, 5.74) is 7.03. The molecule has 0 aliphatic carbocycles. The zero-order valence-corrected chi connectivity index (χ0v) is 16.5. The molecule has 0 saturated carbocycles. The van der Waals surface area contributed by atoms with E-state index in [1.54, 1.807) is 0 Å². The number of aryl methyl sites for hydroxylation is 1. The largest absolute Gasteiger partial charge is 0.459 e. The second kappa shape index (κ2) is 7.52. The lowest BCUT2D eigenvalue weighted by molar-refractivity contribution is -0.157. The highest BCUT2D eigenvalue weighted by atomic mass is 79.9. The Hall–Kier alpha value is -1.95. The van der Waals surface area contributed by atoms with Crippen LogP contribution in [0, 0.1) is 6.92 Å². The van der Waals surface area contributed by atoms with Crippen LogP contribution in [0.3, 0.4) is 0 Å². The van der Waals surface area contributed by atoms with Crippen molar-refractivity contribution in [3.63, 3.8) is 0 Å². The fourth-order valence-corrected chi connectivity index (χ4v) is 3.01. The molecule has 2 N–H and O–H groups in total. The van der Waals surface area contributed by atoms with Gasteiger partial charge in [0, 0.05) is 22.0 Å². The molecule has 0 radical (unpaired) electrons. The summed E-state index contributed by atoms with van der Waals surface area (Å²) in [4.78, 5) is 28.5. The van der Waals surface area contributed by atoms with E-state index >= 15 is 0 Å². The van der Waals surface area contributed by atoms with E-state index in [0.717, 1.165) is 26.6 Å². The molecule has 2 aromatic rings. The number of hydrogen-bond acceptors (Lipinski definition) is 4. The number of carbonyl (C=O) groups excluding carboxylic acids is 2. The number of benzene rings is 1. The minimum atomic E-state index is -0.606. The first-order valence-electron chi connectivity index (χ1n) is 8.15. The molecule has 1 atom stereocenters. The maximum Gasteiger partial charge on any atom is 0.314 e. The summed E-state index contributed by atoms with van der Waals surface area (Å²) in [6, 6.07) is 7.74. The van der Waals surface area contributed by atoms with Gasteiger partial charge in [0.2, 0.25) is 5.91 Å². The van der Waals surface area contributed by atoms with Crippen LogP contribution in [-0.4, -0.2) is 22.5 Å². The number of pyridine rings is 1. The highest BCUT2D eigenvalue weighted by Crippen LogP contribution is 2.30. The number of nitrogens with two attached hydrogens (primary N) is 1. The van der Waals surface area contributed by atoms with E-state index in [0.29, 0.717) is 6.42 Å². The summed E-state index contributed by atoms with van der Waals surface area (Å²) < 4.78 is 6.49. The van der Waals surface area contributed by atoms with Crippen LogP contribution in [-0.2, 0) is 14.3 Å². The smallest absolute Gasteiger partial charge is 0.314 e. The number of fused-ring (bicyclic) bond motifs is 1. The van der Waals surface area contributed by atoms with Crippen LogP contribution in [0.4, 0.5) is 0 Å². The van der Waals surface area contributed by atoms with Gasteiger partial charge in [0.1, 0.15) is 5.60 Å². The van der Waals surface area contributed by atoms with E-state index in [9.17, 15) is 9.59 Å². The second-order valence-corrected chi connectivity index (χ2v) is 8.01. The molecule has 2 rings (SSSR count). The van der Waals surface area contributed by atoms with Gasteiger partial charge < -0.3 is 10.5 Å². The van der Waals surface area contributed by atoms with Crippen molar-refractivity contribution in [3.8, 4) is 0 Å². The highest BCUT2D eigenvalue weighted by Gasteiger charge is 2.28. The van der Waals surface area contributed by atoms with Gasteiger partial charge in [-0.25, -0.2) is 0 Å². The summed E-state index contributed by atoms with van der Waals surface area (Å²) in [5, 5.41) is 0.927. The first kappa shape index (κ1) is 19.4. The summed E-state index contributed by atoms with van der Waals surface area (Å²) in [6.45, 7) is 7.31. The molecule has 0 bridgehead atoms. The van der Waals surface area contributed by atoms with Crippen LogP contribution in [0.5, 0.6) is 0 Å². The van der Waals surface area contributed by atoms with Crippen LogP contribution in [0.15, 0.2) is 28.7 Å². The van der Waals surface area contributed by atoms with E-state index in [2.05, 4.69) is 20.9 Å². The van der Waals surface area contributed by atoms with Crippen LogP contribution in [0.2, 0.25) is 0 Å². The predicted molar refractivity (Wildman–Crippen MR) is 101 cm³/mol. The Morgan fingerprint density at radius 1 is 1.28 bits per heavy atom. The lowest BCUT2D eigenvalue weighted by Gasteiger charge is -2.25. The monoisotopic (exact) mass is 406 g/mol. The Morgan fingerprint density at radius 2 is 1.96 bits per heavy atom. The van der Waals surface area contributed by atoms with Gasteiger partial charge in [-0.2, -0.15) is 0 Å². The van der Waals surface area contributed by atoms with Gasteiger partial charge in [0.25, 0.3) is 0 Å². The van der Waals surface area contributed by atoms with Gasteiger partial charge in [0.15, 0.2) is 0 Å². The van der Waals surface area contributed by atoms with Gasteiger partial charge in [-0.15, -0.1) is 0 Å². The number of ether oxygens (including phenoxy) is 1. The van der Waals surface area contributed by atoms with E-state index in [-0.39, 0.29) is 12.4 Å². The van der Waals surface area contributed by atoms with E-state index in [1.807, 2.05) is 52.0 Å². The SMILES string of the molecule is Cc1nc2cc(Br)ccc2cc1C(CCC(N)=O)C(=O)OC(C)(C)C. The van der Waals surface area contributed by atoms with Crippen molar-refractivity contribution < 1.29 is 14.3 Å². The topological polar surface area (TPSA) is 82.3 Å². The molecule has 1 heterocycles. The molecule has 0 spiro atoms. The lowest BCUT2D eigenvalue weighted by atomic mass is 9.91. The lowest BCUT2D eigenvalue weighted by Crippen LogP contribution is -2.29. The van der Waals surface area contributed by atoms with E-state index in [1.165, 1.54) is 0 Å². The number of amides is 1. The quantitative estimate of drug-likeness (QED) is 0.760. The Bertz CT molecular complexity index is 812. The molecular formula is C19H23BrN2O3. The van der Waals surface area contributed by atoms with Gasteiger partial charge in [-0.3, -0.25) is 14.6 Å². The van der Waals surface area contributed by atoms with Gasteiger partial charge in [0.05, 0.1) is 11.4 Å². The van der Waals surface area contributed by atoms with E-state index in [4.69, 9.17) is 10.5 Å². The second-order valence-electron chi connectivity index (χ2n) is 7.09. The maximum absolute atomic E-state index is 12.7. The standard InChI is InChI=1S/C19H23BrN2O3/c1-11-15(9-12-5-6-13(20)10-16(12)22-11)14(7-8-17(21)23)18(24)25-19(2,3)4/h5-6,9-10,14H,7-8H2,1-4H3,(H2,21,23). The normalized spacial score (nSPS) is 12.8. The number of rotatable bonds is 5. The number of primary amides is 1. The maximum atomic E-state index is 12.7. The molecule has 1 unspecified atom stereocenters.